The Kier molecular flexibility index (Phi) is 6.82. The molecule has 1 spiro atoms. The summed E-state index contributed by atoms with van der Waals surface area (Å²) < 4.78 is 22.0. The third kappa shape index (κ3) is 4.03. The lowest BCUT2D eigenvalue weighted by Crippen LogP contribution is -2.69. The second-order valence-electron chi connectivity index (χ2n) is 11.1. The van der Waals surface area contributed by atoms with E-state index >= 15 is 0 Å². The fourth-order valence-corrected chi connectivity index (χ4v) is 6.85. The molecule has 2 bridgehead atoms. The first-order valence-corrected chi connectivity index (χ1v) is 13.3. The molecule has 0 unspecified atom stereocenters. The highest BCUT2D eigenvalue weighted by molar-refractivity contribution is 5.87. The monoisotopic (exact) mass is 559 g/mol. The molecule has 12 nitrogen and oxygen atoms in total. The van der Waals surface area contributed by atoms with E-state index in [-0.39, 0.29) is 29.7 Å². The molecule has 1 saturated heterocycles. The highest BCUT2D eigenvalue weighted by Gasteiger charge is 2.71. The molecule has 0 amide bonds. The van der Waals surface area contributed by atoms with Gasteiger partial charge in [-0.25, -0.2) is 9.59 Å². The fraction of sp³-hybridized carbons (Fsp3) is 0.571. The van der Waals surface area contributed by atoms with Gasteiger partial charge in [-0.05, 0) is 64.4 Å². The molecule has 3 N–H and O–H groups in total. The van der Waals surface area contributed by atoms with Crippen LogP contribution in [0.5, 0.6) is 11.5 Å². The van der Waals surface area contributed by atoms with Crippen molar-refractivity contribution < 1.29 is 53.4 Å². The van der Waals surface area contributed by atoms with E-state index in [0.717, 1.165) is 37.9 Å². The van der Waals surface area contributed by atoms with Crippen LogP contribution in [-0.2, 0) is 45.2 Å². The number of likely N-dealkylation sites (N-methyl/N-ethyl adjacent to an activating group) is 1. The maximum atomic E-state index is 13.4. The smallest absolute Gasteiger partial charge is 0.349 e. The number of likely N-dealkylation sites (tertiary alicyclic amines) is 1. The number of aromatic hydroxyl groups is 1. The Hall–Kier alpha value is -3.64. The molecule has 40 heavy (non-hydrogen) atoms. The van der Waals surface area contributed by atoms with Crippen molar-refractivity contribution in [1.29, 1.82) is 0 Å². The Morgan fingerprint density at radius 1 is 1.15 bits per heavy atom. The van der Waals surface area contributed by atoms with Crippen molar-refractivity contribution >= 4 is 23.9 Å². The molecule has 216 valence electrons. The van der Waals surface area contributed by atoms with Crippen LogP contribution in [0.3, 0.4) is 0 Å². The molecular weight excluding hydrogens is 526 g/mol. The zero-order valence-electron chi connectivity index (χ0n) is 22.7. The summed E-state index contributed by atoms with van der Waals surface area (Å²) in [6, 6.07) is 3.16. The number of nitrogens with zero attached hydrogens (tertiary/aromatic N) is 1. The molecule has 2 aliphatic heterocycles. The van der Waals surface area contributed by atoms with Crippen molar-refractivity contribution in [3.05, 3.63) is 35.1 Å². The van der Waals surface area contributed by atoms with E-state index in [2.05, 4.69) is 4.90 Å². The van der Waals surface area contributed by atoms with Gasteiger partial charge in [-0.1, -0.05) is 6.07 Å². The van der Waals surface area contributed by atoms with E-state index in [0.29, 0.717) is 12.8 Å². The quantitative estimate of drug-likeness (QED) is 0.323. The lowest BCUT2D eigenvalue weighted by molar-refractivity contribution is -0.182. The van der Waals surface area contributed by atoms with Gasteiger partial charge in [0, 0.05) is 24.9 Å². The van der Waals surface area contributed by atoms with Gasteiger partial charge in [-0.2, -0.15) is 0 Å². The second kappa shape index (κ2) is 9.77. The molecule has 0 radical (unpaired) electrons. The summed E-state index contributed by atoms with van der Waals surface area (Å²) in [5.41, 5.74) is -0.591. The predicted octanol–water partition coefficient (Wildman–Crippen LogP) is 1.19. The van der Waals surface area contributed by atoms with Crippen molar-refractivity contribution in [1.82, 2.24) is 4.90 Å². The van der Waals surface area contributed by atoms with Gasteiger partial charge >= 0.3 is 23.9 Å². The Labute approximate surface area is 230 Å². The third-order valence-electron chi connectivity index (χ3n) is 8.79. The van der Waals surface area contributed by atoms with E-state index in [4.69, 9.17) is 24.1 Å². The van der Waals surface area contributed by atoms with Crippen LogP contribution in [0.25, 0.3) is 0 Å². The maximum absolute atomic E-state index is 13.4. The van der Waals surface area contributed by atoms with E-state index in [1.807, 2.05) is 13.1 Å². The molecule has 2 heterocycles. The largest absolute Gasteiger partial charge is 0.504 e. The number of hydrogen-bond acceptors (Lipinski definition) is 11. The van der Waals surface area contributed by atoms with Gasteiger partial charge in [-0.15, -0.1) is 0 Å². The Morgan fingerprint density at radius 2 is 1.88 bits per heavy atom. The van der Waals surface area contributed by atoms with Crippen LogP contribution in [0.2, 0.25) is 0 Å². The minimum Gasteiger partial charge on any atom is -0.504 e. The number of aliphatic hydroxyl groups is 1. The number of rotatable bonds is 7. The Bertz CT molecular complexity index is 1310. The molecule has 1 fully saturated rings. The number of phenolic OH excluding ortho intramolecular Hbond substituents is 1. The van der Waals surface area contributed by atoms with E-state index in [9.17, 15) is 29.4 Å². The van der Waals surface area contributed by atoms with Crippen molar-refractivity contribution in [2.24, 2.45) is 5.92 Å². The Morgan fingerprint density at radius 3 is 2.55 bits per heavy atom. The third-order valence-corrected chi connectivity index (χ3v) is 8.79. The Balaban J connectivity index is 1.48. The molecule has 4 aliphatic rings. The van der Waals surface area contributed by atoms with Crippen LogP contribution in [0.4, 0.5) is 0 Å². The van der Waals surface area contributed by atoms with E-state index in [1.165, 1.54) is 6.92 Å². The normalized spacial score (nSPS) is 30.4. The van der Waals surface area contributed by atoms with Crippen molar-refractivity contribution in [2.45, 2.75) is 81.8 Å². The molecule has 7 atom stereocenters. The molecule has 0 aromatic heterocycles. The summed E-state index contributed by atoms with van der Waals surface area (Å²) in [6.45, 7) is 4.20. The number of aliphatic carboxylic acids is 1. The first kappa shape index (κ1) is 27.9. The van der Waals surface area contributed by atoms with Crippen LogP contribution in [-0.4, -0.2) is 87.6 Å². The van der Waals surface area contributed by atoms with Gasteiger partial charge in [0.15, 0.2) is 23.7 Å². The maximum Gasteiger partial charge on any atom is 0.349 e. The highest BCUT2D eigenvalue weighted by Crippen LogP contribution is 2.64. The summed E-state index contributed by atoms with van der Waals surface area (Å²) in [5.74, 6) is -5.52. The summed E-state index contributed by atoms with van der Waals surface area (Å²) in [6.07, 6.45) is -0.681. The first-order valence-electron chi connectivity index (χ1n) is 13.3. The topological polar surface area (TPSA) is 169 Å². The lowest BCUT2D eigenvalue weighted by atomic mass is 9.52. The van der Waals surface area contributed by atoms with Gasteiger partial charge in [0.2, 0.25) is 6.10 Å². The standard InChI is InChI=1S/C28H33NO11/c1-13(21(38-15(3)30)26(35)37-14(2)24(32)33)25(34)39-18-8-10-28(36)19-12-16-6-7-17(31)22-20(16)27(28,23(18)40-22)9-5-11-29(19)4/h6-8,13-14,19,21,23,31,36H,5,9-12H2,1-4H3,(H,32,33)/t13-,14+,19-,21-,23+,27+,28-/m1/s1. The van der Waals surface area contributed by atoms with Gasteiger partial charge < -0.3 is 39.2 Å². The van der Waals surface area contributed by atoms with Gasteiger partial charge in [-0.3, -0.25) is 9.59 Å². The van der Waals surface area contributed by atoms with Crippen LogP contribution < -0.4 is 4.74 Å². The fourth-order valence-electron chi connectivity index (χ4n) is 6.85. The number of hydrogen-bond donors (Lipinski definition) is 3. The van der Waals surface area contributed by atoms with Crippen LogP contribution in [0.1, 0.15) is 51.2 Å². The molecule has 1 aromatic rings. The summed E-state index contributed by atoms with van der Waals surface area (Å²) in [7, 11) is 1.97. The molecule has 2 aliphatic carbocycles. The average molecular weight is 560 g/mol. The van der Waals surface area contributed by atoms with E-state index in [1.54, 1.807) is 12.1 Å². The van der Waals surface area contributed by atoms with Crippen molar-refractivity contribution in [3.63, 3.8) is 0 Å². The zero-order chi connectivity index (χ0) is 29.1. The number of carboxylic acids is 1. The number of benzene rings is 1. The number of carbonyl (C=O) groups is 4. The minimum absolute atomic E-state index is 0.0785. The average Bonchev–Trinajstić information content (AvgIpc) is 3.23. The molecular formula is C28H33NO11. The summed E-state index contributed by atoms with van der Waals surface area (Å²) in [5, 5.41) is 32.1. The number of carboxylic acid groups (broad SMARTS) is 1. The van der Waals surface area contributed by atoms with Crippen molar-refractivity contribution in [2.75, 3.05) is 13.6 Å². The van der Waals surface area contributed by atoms with Gasteiger partial charge in [0.05, 0.1) is 11.0 Å². The molecule has 5 rings (SSSR count). The SMILES string of the molecule is CC(=O)O[C@@H](C(=O)O[C@@H](C)C(=O)O)[C@@H](C)C(=O)OC1=CC[C@@]2(O)[C@H]3Cc4ccc(O)c5c4[C@@]2(CCCN3C)[C@H]1O5. The first-order chi connectivity index (χ1) is 18.8. The molecule has 12 heteroatoms. The minimum atomic E-state index is -1.76. The van der Waals surface area contributed by atoms with Gasteiger partial charge in [0.25, 0.3) is 0 Å². The molecule has 1 aromatic carbocycles. The molecule has 0 saturated carbocycles. The van der Waals surface area contributed by atoms with Crippen molar-refractivity contribution in [3.8, 4) is 11.5 Å². The predicted molar refractivity (Wildman–Crippen MR) is 135 cm³/mol. The van der Waals surface area contributed by atoms with Crippen LogP contribution in [0, 0.1) is 5.92 Å². The number of carbonyl (C=O) groups excluding carboxylic acids is 3. The van der Waals surface area contributed by atoms with E-state index < -0.39 is 59.1 Å². The van der Waals surface area contributed by atoms with Crippen LogP contribution >= 0.6 is 0 Å². The summed E-state index contributed by atoms with van der Waals surface area (Å²) in [4.78, 5) is 51.0. The number of ether oxygens (including phenoxy) is 4. The number of esters is 3. The zero-order valence-corrected chi connectivity index (χ0v) is 22.7. The summed E-state index contributed by atoms with van der Waals surface area (Å²) >= 11 is 0. The second-order valence-corrected chi connectivity index (χ2v) is 11.1. The van der Waals surface area contributed by atoms with Crippen LogP contribution in [0.15, 0.2) is 24.0 Å². The lowest BCUT2D eigenvalue weighted by Gasteiger charge is -2.56. The highest BCUT2D eigenvalue weighted by atomic mass is 16.6. The van der Waals surface area contributed by atoms with Gasteiger partial charge in [0.1, 0.15) is 11.7 Å². The number of phenols is 1.